The molecule has 7 heteroatoms. The van der Waals surface area contributed by atoms with E-state index in [9.17, 15) is 18.0 Å². The fourth-order valence-electron chi connectivity index (χ4n) is 4.02. The summed E-state index contributed by atoms with van der Waals surface area (Å²) in [5.41, 5.74) is 2.82. The highest BCUT2D eigenvalue weighted by molar-refractivity contribution is 7.93. The minimum atomic E-state index is -3.94. The largest absolute Gasteiger partial charge is 0.496 e. The van der Waals surface area contributed by atoms with Crippen molar-refractivity contribution in [3.8, 4) is 5.75 Å². The summed E-state index contributed by atoms with van der Waals surface area (Å²) in [5.74, 6) is -0.409. The van der Waals surface area contributed by atoms with Crippen molar-refractivity contribution in [3.63, 3.8) is 0 Å². The molecule has 0 heterocycles. The highest BCUT2D eigenvalue weighted by atomic mass is 32.2. The number of sulfone groups is 1. The van der Waals surface area contributed by atoms with Crippen molar-refractivity contribution in [2.45, 2.75) is 62.7 Å². The molecule has 0 spiro atoms. The molecule has 31 heavy (non-hydrogen) atoms. The Hall–Kier alpha value is -2.67. The fourth-order valence-corrected chi connectivity index (χ4v) is 6.16. The molecule has 2 aromatic carbocycles. The lowest BCUT2D eigenvalue weighted by molar-refractivity contribution is -0.148. The second-order valence-electron chi connectivity index (χ2n) is 8.11. The van der Waals surface area contributed by atoms with Crippen molar-refractivity contribution in [2.24, 2.45) is 0 Å². The minimum absolute atomic E-state index is 0.125. The van der Waals surface area contributed by atoms with Crippen LogP contribution in [0.15, 0.2) is 41.3 Å². The Morgan fingerprint density at radius 1 is 1.00 bits per heavy atom. The van der Waals surface area contributed by atoms with E-state index in [0.717, 1.165) is 11.1 Å². The van der Waals surface area contributed by atoms with E-state index >= 15 is 0 Å². The van der Waals surface area contributed by atoms with Crippen molar-refractivity contribution >= 4 is 21.6 Å². The lowest BCUT2D eigenvalue weighted by Gasteiger charge is -2.27. The van der Waals surface area contributed by atoms with E-state index in [-0.39, 0.29) is 30.1 Å². The number of aryl methyl sites for hydroxylation is 2. The van der Waals surface area contributed by atoms with Crippen molar-refractivity contribution < 1.29 is 27.5 Å². The van der Waals surface area contributed by atoms with Crippen LogP contribution >= 0.6 is 0 Å². The van der Waals surface area contributed by atoms with E-state index in [0.29, 0.717) is 29.7 Å². The van der Waals surface area contributed by atoms with Gasteiger partial charge in [-0.2, -0.15) is 0 Å². The normalized spacial score (nSPS) is 15.5. The van der Waals surface area contributed by atoms with E-state index in [4.69, 9.17) is 9.47 Å². The van der Waals surface area contributed by atoms with Crippen LogP contribution in [0.25, 0.3) is 0 Å². The molecule has 0 saturated heterocycles. The summed E-state index contributed by atoms with van der Waals surface area (Å²) in [5, 5.41) is 0. The monoisotopic (exact) mass is 444 g/mol. The maximum Gasteiger partial charge on any atom is 0.328 e. The predicted octanol–water partition coefficient (Wildman–Crippen LogP) is 4.34. The fraction of sp³-hybridized carbons (Fsp3) is 0.417. The molecule has 166 valence electrons. The number of hydrogen-bond donors (Lipinski definition) is 0. The van der Waals surface area contributed by atoms with E-state index in [1.54, 1.807) is 36.4 Å². The van der Waals surface area contributed by atoms with E-state index < -0.39 is 20.6 Å². The quantitative estimate of drug-likeness (QED) is 0.466. The lowest BCUT2D eigenvalue weighted by atomic mass is 10.1. The molecule has 0 bridgehead atoms. The van der Waals surface area contributed by atoms with Gasteiger partial charge in [0.1, 0.15) is 12.4 Å². The first kappa shape index (κ1) is 23.0. The molecule has 6 nitrogen and oxygen atoms in total. The molecule has 0 amide bonds. The Bertz CT molecular complexity index is 1110. The molecular weight excluding hydrogens is 416 g/mol. The summed E-state index contributed by atoms with van der Waals surface area (Å²) in [4.78, 5) is 25.1. The van der Waals surface area contributed by atoms with Gasteiger partial charge in [0, 0.05) is 11.1 Å². The SMILES string of the molecule is COc1ccc(C(C)=O)cc1COC(=O)C1(S(=O)(=O)c2ccc(C)c(C)c2)CCCC1. The number of carbonyl (C=O) groups is 2. The molecule has 1 aliphatic rings. The second kappa shape index (κ2) is 8.83. The third kappa shape index (κ3) is 4.24. The average Bonchev–Trinajstić information content (AvgIpc) is 3.25. The summed E-state index contributed by atoms with van der Waals surface area (Å²) in [7, 11) is -2.46. The Balaban J connectivity index is 1.92. The smallest absolute Gasteiger partial charge is 0.328 e. The van der Waals surface area contributed by atoms with Gasteiger partial charge in [-0.15, -0.1) is 0 Å². The molecule has 1 fully saturated rings. The van der Waals surface area contributed by atoms with E-state index in [2.05, 4.69) is 0 Å². The van der Waals surface area contributed by atoms with Crippen LogP contribution in [0.3, 0.4) is 0 Å². The Labute approximate surface area is 183 Å². The molecule has 1 saturated carbocycles. The standard InChI is InChI=1S/C24H28O6S/c1-16-7-9-21(13-17(16)2)31(27,28)24(11-5-6-12-24)23(26)30-15-20-14-19(18(3)25)8-10-22(20)29-4/h7-10,13-14H,5-6,11-12,15H2,1-4H3. The first-order valence-corrected chi connectivity index (χ1v) is 11.8. The third-order valence-electron chi connectivity index (χ3n) is 6.13. The van der Waals surface area contributed by atoms with Crippen LogP contribution in [-0.4, -0.2) is 32.0 Å². The van der Waals surface area contributed by atoms with E-state index in [1.165, 1.54) is 14.0 Å². The highest BCUT2D eigenvalue weighted by Crippen LogP contribution is 2.42. The summed E-state index contributed by atoms with van der Waals surface area (Å²) in [6, 6.07) is 9.82. The minimum Gasteiger partial charge on any atom is -0.496 e. The molecule has 0 atom stereocenters. The zero-order valence-corrected chi connectivity index (χ0v) is 19.2. The van der Waals surface area contributed by atoms with Crippen molar-refractivity contribution in [1.82, 2.24) is 0 Å². The maximum atomic E-state index is 13.6. The van der Waals surface area contributed by atoms with Crippen LogP contribution in [0.5, 0.6) is 5.75 Å². The van der Waals surface area contributed by atoms with Gasteiger partial charge in [-0.05, 0) is 75.1 Å². The number of Topliss-reactive ketones (excluding diaryl/α,β-unsaturated/α-hetero) is 1. The van der Waals surface area contributed by atoms with Gasteiger partial charge in [-0.1, -0.05) is 18.9 Å². The van der Waals surface area contributed by atoms with Crippen molar-refractivity contribution in [1.29, 1.82) is 0 Å². The van der Waals surface area contributed by atoms with Gasteiger partial charge < -0.3 is 9.47 Å². The molecule has 0 aromatic heterocycles. The Kier molecular flexibility index (Phi) is 6.55. The molecule has 2 aromatic rings. The molecule has 1 aliphatic carbocycles. The van der Waals surface area contributed by atoms with Gasteiger partial charge >= 0.3 is 5.97 Å². The number of rotatable bonds is 7. The number of ether oxygens (including phenoxy) is 2. The van der Waals surface area contributed by atoms with Crippen LogP contribution < -0.4 is 4.74 Å². The first-order chi connectivity index (χ1) is 14.6. The van der Waals surface area contributed by atoms with Gasteiger partial charge in [0.2, 0.25) is 0 Å². The van der Waals surface area contributed by atoms with Crippen LogP contribution in [0.4, 0.5) is 0 Å². The summed E-state index contributed by atoms with van der Waals surface area (Å²) in [6.07, 6.45) is 1.74. The lowest BCUT2D eigenvalue weighted by Crippen LogP contribution is -2.45. The molecule has 0 aliphatic heterocycles. The van der Waals surface area contributed by atoms with Crippen LogP contribution in [0.2, 0.25) is 0 Å². The van der Waals surface area contributed by atoms with Crippen LogP contribution in [-0.2, 0) is 26.0 Å². The van der Waals surface area contributed by atoms with Gasteiger partial charge in [0.05, 0.1) is 12.0 Å². The molecule has 0 N–H and O–H groups in total. The number of carbonyl (C=O) groups excluding carboxylic acids is 2. The number of benzene rings is 2. The van der Waals surface area contributed by atoms with Gasteiger partial charge in [-0.3, -0.25) is 9.59 Å². The molecular formula is C24H28O6S. The molecule has 0 unspecified atom stereocenters. The van der Waals surface area contributed by atoms with Crippen LogP contribution in [0.1, 0.15) is 59.7 Å². The number of methoxy groups -OCH3 is 1. The molecule has 3 rings (SSSR count). The number of hydrogen-bond acceptors (Lipinski definition) is 6. The average molecular weight is 445 g/mol. The third-order valence-corrected chi connectivity index (χ3v) is 8.61. The Morgan fingerprint density at radius 3 is 2.26 bits per heavy atom. The predicted molar refractivity (Wildman–Crippen MR) is 117 cm³/mol. The highest BCUT2D eigenvalue weighted by Gasteiger charge is 2.54. The summed E-state index contributed by atoms with van der Waals surface area (Å²) in [6.45, 7) is 5.03. The topological polar surface area (TPSA) is 86.7 Å². The van der Waals surface area contributed by atoms with E-state index in [1.807, 2.05) is 13.8 Å². The van der Waals surface area contributed by atoms with Crippen molar-refractivity contribution in [2.75, 3.05) is 7.11 Å². The van der Waals surface area contributed by atoms with Crippen molar-refractivity contribution in [3.05, 3.63) is 58.7 Å². The second-order valence-corrected chi connectivity index (χ2v) is 10.4. The Morgan fingerprint density at radius 2 is 1.68 bits per heavy atom. The zero-order chi connectivity index (χ0) is 22.8. The first-order valence-electron chi connectivity index (χ1n) is 10.3. The van der Waals surface area contributed by atoms with Gasteiger partial charge in [0.15, 0.2) is 20.4 Å². The number of esters is 1. The summed E-state index contributed by atoms with van der Waals surface area (Å²) < 4.78 is 36.4. The number of ketones is 1. The van der Waals surface area contributed by atoms with Gasteiger partial charge in [-0.25, -0.2) is 8.42 Å². The zero-order valence-electron chi connectivity index (χ0n) is 18.4. The van der Waals surface area contributed by atoms with Gasteiger partial charge in [0.25, 0.3) is 0 Å². The summed E-state index contributed by atoms with van der Waals surface area (Å²) >= 11 is 0. The maximum absolute atomic E-state index is 13.6. The molecule has 0 radical (unpaired) electrons. The van der Waals surface area contributed by atoms with Crippen LogP contribution in [0, 0.1) is 13.8 Å².